The summed E-state index contributed by atoms with van der Waals surface area (Å²) in [7, 11) is 0. The van der Waals surface area contributed by atoms with E-state index in [1.54, 1.807) is 12.3 Å². The van der Waals surface area contributed by atoms with Crippen molar-refractivity contribution in [1.82, 2.24) is 9.38 Å². The fourth-order valence-corrected chi connectivity index (χ4v) is 1.45. The third-order valence-corrected chi connectivity index (χ3v) is 2.14. The Kier molecular flexibility index (Phi) is 1.96. The van der Waals surface area contributed by atoms with E-state index in [1.807, 2.05) is 13.0 Å². The van der Waals surface area contributed by atoms with Crippen LogP contribution in [0.5, 0.6) is 5.88 Å². The van der Waals surface area contributed by atoms with Crippen LogP contribution in [0.3, 0.4) is 0 Å². The summed E-state index contributed by atoms with van der Waals surface area (Å²) in [5.41, 5.74) is 1.21. The molecule has 4 heteroatoms. The van der Waals surface area contributed by atoms with E-state index in [0.29, 0.717) is 5.65 Å². The minimum atomic E-state index is -0.261. The first-order valence-electron chi connectivity index (χ1n) is 4.42. The highest BCUT2D eigenvalue weighted by Crippen LogP contribution is 2.09. The molecule has 72 valence electrons. The smallest absolute Gasteiger partial charge is 0.261 e. The van der Waals surface area contributed by atoms with Crippen LogP contribution in [0.1, 0.15) is 12.5 Å². The second-order valence-electron chi connectivity index (χ2n) is 3.03. The summed E-state index contributed by atoms with van der Waals surface area (Å²) in [6, 6.07) is 4.79. The van der Waals surface area contributed by atoms with E-state index in [-0.39, 0.29) is 11.4 Å². The van der Waals surface area contributed by atoms with E-state index in [1.165, 1.54) is 4.40 Å². The number of aromatic nitrogens is 2. The molecule has 0 aromatic carbocycles. The van der Waals surface area contributed by atoms with Crippen LogP contribution in [0.25, 0.3) is 5.65 Å². The molecule has 2 heterocycles. The highest BCUT2D eigenvalue weighted by atomic mass is 16.3. The number of pyridine rings is 1. The molecule has 0 aliphatic heterocycles. The topological polar surface area (TPSA) is 54.6 Å². The molecule has 2 rings (SSSR count). The molecular formula is C10H10N2O2. The van der Waals surface area contributed by atoms with Gasteiger partial charge in [-0.1, -0.05) is 13.0 Å². The maximum Gasteiger partial charge on any atom is 0.261 e. The minimum absolute atomic E-state index is 0.226. The van der Waals surface area contributed by atoms with Gasteiger partial charge in [0.1, 0.15) is 5.65 Å². The zero-order valence-corrected chi connectivity index (χ0v) is 7.77. The van der Waals surface area contributed by atoms with E-state index in [4.69, 9.17) is 0 Å². The van der Waals surface area contributed by atoms with Gasteiger partial charge in [-0.2, -0.15) is 4.98 Å². The summed E-state index contributed by atoms with van der Waals surface area (Å²) in [6.07, 6.45) is 2.42. The second kappa shape index (κ2) is 3.14. The molecule has 2 aromatic heterocycles. The van der Waals surface area contributed by atoms with Gasteiger partial charge in [-0.05, 0) is 18.1 Å². The summed E-state index contributed by atoms with van der Waals surface area (Å²) >= 11 is 0. The summed E-state index contributed by atoms with van der Waals surface area (Å²) in [6.45, 7) is 1.98. The Morgan fingerprint density at radius 2 is 2.36 bits per heavy atom. The Morgan fingerprint density at radius 1 is 1.57 bits per heavy atom. The molecule has 0 aliphatic carbocycles. The Labute approximate surface area is 80.5 Å². The molecule has 0 fully saturated rings. The molecule has 0 saturated carbocycles. The molecule has 1 N–H and O–H groups in total. The van der Waals surface area contributed by atoms with Crippen molar-refractivity contribution >= 4 is 5.65 Å². The van der Waals surface area contributed by atoms with Gasteiger partial charge in [-0.3, -0.25) is 9.20 Å². The first-order chi connectivity index (χ1) is 6.72. The molecular weight excluding hydrogens is 180 g/mol. The predicted octanol–water partition coefficient (Wildman–Crippen LogP) is 0.962. The molecule has 2 aromatic rings. The van der Waals surface area contributed by atoms with Crippen molar-refractivity contribution in [3.63, 3.8) is 0 Å². The summed E-state index contributed by atoms with van der Waals surface area (Å²) < 4.78 is 1.43. The molecule has 0 saturated heterocycles. The Bertz CT molecular complexity index is 531. The van der Waals surface area contributed by atoms with Gasteiger partial charge in [0.2, 0.25) is 5.88 Å². The lowest BCUT2D eigenvalue weighted by molar-refractivity contribution is 0.452. The van der Waals surface area contributed by atoms with Crippen molar-refractivity contribution in [2.24, 2.45) is 0 Å². The maximum absolute atomic E-state index is 11.4. The molecule has 0 spiro atoms. The third-order valence-electron chi connectivity index (χ3n) is 2.14. The quantitative estimate of drug-likeness (QED) is 0.728. The highest BCUT2D eigenvalue weighted by Gasteiger charge is 2.03. The number of hydrogen-bond acceptors (Lipinski definition) is 3. The van der Waals surface area contributed by atoms with Gasteiger partial charge in [-0.25, -0.2) is 0 Å². The number of aromatic hydroxyl groups is 1. The van der Waals surface area contributed by atoms with Crippen LogP contribution in [-0.4, -0.2) is 14.5 Å². The van der Waals surface area contributed by atoms with Crippen LogP contribution in [0.15, 0.2) is 29.2 Å². The van der Waals surface area contributed by atoms with E-state index in [2.05, 4.69) is 4.98 Å². The van der Waals surface area contributed by atoms with Gasteiger partial charge in [0.25, 0.3) is 5.56 Å². The normalized spacial score (nSPS) is 10.6. The zero-order chi connectivity index (χ0) is 10.1. The van der Waals surface area contributed by atoms with Crippen molar-refractivity contribution in [3.05, 3.63) is 40.3 Å². The molecule has 0 unspecified atom stereocenters. The van der Waals surface area contributed by atoms with Crippen LogP contribution in [0, 0.1) is 0 Å². The lowest BCUT2D eigenvalue weighted by Gasteiger charge is -2.04. The maximum atomic E-state index is 11.4. The molecule has 14 heavy (non-hydrogen) atoms. The van der Waals surface area contributed by atoms with Crippen LogP contribution >= 0.6 is 0 Å². The SMILES string of the molecule is CCc1cccn2c(=O)cc(O)nc12. The minimum Gasteiger partial charge on any atom is -0.493 e. The first kappa shape index (κ1) is 8.74. The van der Waals surface area contributed by atoms with E-state index >= 15 is 0 Å². The molecule has 4 nitrogen and oxygen atoms in total. The average Bonchev–Trinajstić information content (AvgIpc) is 2.17. The number of rotatable bonds is 1. The van der Waals surface area contributed by atoms with Crippen molar-refractivity contribution in [2.75, 3.05) is 0 Å². The number of fused-ring (bicyclic) bond motifs is 1. The van der Waals surface area contributed by atoms with E-state index in [9.17, 15) is 9.90 Å². The van der Waals surface area contributed by atoms with E-state index in [0.717, 1.165) is 18.1 Å². The summed E-state index contributed by atoms with van der Waals surface area (Å²) in [5, 5.41) is 9.21. The van der Waals surface area contributed by atoms with Gasteiger partial charge in [0, 0.05) is 6.20 Å². The average molecular weight is 190 g/mol. The highest BCUT2D eigenvalue weighted by molar-refractivity contribution is 5.48. The fraction of sp³-hybridized carbons (Fsp3) is 0.200. The van der Waals surface area contributed by atoms with E-state index < -0.39 is 0 Å². The Balaban J connectivity index is 2.94. The molecule has 0 atom stereocenters. The fourth-order valence-electron chi connectivity index (χ4n) is 1.45. The molecule has 0 bridgehead atoms. The van der Waals surface area contributed by atoms with Crippen LogP contribution in [0.2, 0.25) is 0 Å². The largest absolute Gasteiger partial charge is 0.493 e. The zero-order valence-electron chi connectivity index (χ0n) is 7.77. The van der Waals surface area contributed by atoms with Crippen LogP contribution in [0.4, 0.5) is 0 Å². The van der Waals surface area contributed by atoms with Crippen molar-refractivity contribution in [1.29, 1.82) is 0 Å². The lowest BCUT2D eigenvalue weighted by Crippen LogP contribution is -2.13. The molecule has 0 aliphatic rings. The Morgan fingerprint density at radius 3 is 3.07 bits per heavy atom. The molecule has 0 amide bonds. The van der Waals surface area contributed by atoms with Crippen molar-refractivity contribution < 1.29 is 5.11 Å². The van der Waals surface area contributed by atoms with Crippen LogP contribution < -0.4 is 5.56 Å². The Hall–Kier alpha value is -1.84. The van der Waals surface area contributed by atoms with Gasteiger partial charge < -0.3 is 5.11 Å². The number of aryl methyl sites for hydroxylation is 1. The van der Waals surface area contributed by atoms with Crippen molar-refractivity contribution in [2.45, 2.75) is 13.3 Å². The molecule has 0 radical (unpaired) electrons. The second-order valence-corrected chi connectivity index (χ2v) is 3.03. The predicted molar refractivity (Wildman–Crippen MR) is 52.5 cm³/mol. The summed E-state index contributed by atoms with van der Waals surface area (Å²) in [4.78, 5) is 15.4. The standard InChI is InChI=1S/C10H10N2O2/c1-2-7-4-3-5-12-9(14)6-8(13)11-10(7)12/h3-6,13H,2H2,1H3. The van der Waals surface area contributed by atoms with Gasteiger partial charge >= 0.3 is 0 Å². The monoisotopic (exact) mass is 190 g/mol. The summed E-state index contributed by atoms with van der Waals surface area (Å²) in [5.74, 6) is -0.226. The van der Waals surface area contributed by atoms with Crippen molar-refractivity contribution in [3.8, 4) is 5.88 Å². The number of nitrogens with zero attached hydrogens (tertiary/aromatic N) is 2. The third kappa shape index (κ3) is 1.25. The lowest BCUT2D eigenvalue weighted by atomic mass is 10.2. The number of hydrogen-bond donors (Lipinski definition) is 1. The van der Waals surface area contributed by atoms with Gasteiger partial charge in [0.15, 0.2) is 0 Å². The van der Waals surface area contributed by atoms with Crippen LogP contribution in [-0.2, 0) is 6.42 Å². The van der Waals surface area contributed by atoms with Gasteiger partial charge in [0.05, 0.1) is 6.07 Å². The van der Waals surface area contributed by atoms with Gasteiger partial charge in [-0.15, -0.1) is 0 Å². The first-order valence-corrected chi connectivity index (χ1v) is 4.42.